The molecule has 8 heteroatoms. The predicted molar refractivity (Wildman–Crippen MR) is 130 cm³/mol. The van der Waals surface area contributed by atoms with Gasteiger partial charge in [-0.2, -0.15) is 5.10 Å². The Morgan fingerprint density at radius 2 is 1.62 bits per heavy atom. The highest BCUT2D eigenvalue weighted by atomic mass is 35.5. The molecule has 6 nitrogen and oxygen atoms in total. The zero-order valence-corrected chi connectivity index (χ0v) is 19.6. The summed E-state index contributed by atoms with van der Waals surface area (Å²) >= 11 is 6.46. The number of hydrogen-bond donors (Lipinski definition) is 1. The van der Waals surface area contributed by atoms with E-state index in [-0.39, 0.29) is 10.3 Å². The van der Waals surface area contributed by atoms with Crippen LogP contribution in [-0.4, -0.2) is 23.2 Å². The van der Waals surface area contributed by atoms with Gasteiger partial charge in [-0.15, -0.1) is 5.10 Å². The van der Waals surface area contributed by atoms with Crippen molar-refractivity contribution < 1.29 is 8.42 Å². The summed E-state index contributed by atoms with van der Waals surface area (Å²) < 4.78 is 30.7. The number of anilines is 1. The zero-order valence-electron chi connectivity index (χ0n) is 18.1. The largest absolute Gasteiger partial charge is 0.293 e. The maximum atomic E-state index is 13.2. The summed E-state index contributed by atoms with van der Waals surface area (Å²) in [6.07, 6.45) is 1.57. The maximum Gasteiger partial charge on any atom is 0.261 e. The lowest BCUT2D eigenvalue weighted by molar-refractivity contribution is 0.587. The molecule has 2 aromatic carbocycles. The number of benzene rings is 2. The Balaban J connectivity index is 1.85. The fourth-order valence-electron chi connectivity index (χ4n) is 3.66. The first-order chi connectivity index (χ1) is 15.0. The third-order valence-electron chi connectivity index (χ3n) is 5.33. The summed E-state index contributed by atoms with van der Waals surface area (Å²) in [5.74, 6) is 0.515. The van der Waals surface area contributed by atoms with Crippen LogP contribution in [0.3, 0.4) is 0 Å². The first kappa shape index (κ1) is 22.0. The predicted octanol–water partition coefficient (Wildman–Crippen LogP) is 3.99. The number of fused-ring (bicyclic) bond motifs is 1. The molecule has 0 amide bonds. The van der Waals surface area contributed by atoms with Crippen molar-refractivity contribution in [1.29, 1.82) is 0 Å². The van der Waals surface area contributed by atoms with Crippen molar-refractivity contribution in [3.63, 3.8) is 0 Å². The average Bonchev–Trinajstić information content (AvgIpc) is 3.01. The third kappa shape index (κ3) is 3.78. The Morgan fingerprint density at radius 1 is 0.969 bits per heavy atom. The van der Waals surface area contributed by atoms with Crippen LogP contribution in [0.5, 0.6) is 0 Å². The summed E-state index contributed by atoms with van der Waals surface area (Å²) in [5, 5.41) is 10.7. The number of nitrogens with zero attached hydrogens (tertiary/aromatic N) is 3. The molecule has 0 bridgehead atoms. The molecule has 0 saturated carbocycles. The summed E-state index contributed by atoms with van der Waals surface area (Å²) in [5.41, 5.74) is 1.34. The molecule has 0 saturated heterocycles. The van der Waals surface area contributed by atoms with Gasteiger partial charge in [0.25, 0.3) is 10.0 Å². The maximum absolute atomic E-state index is 13.2. The molecule has 2 aromatic heterocycles. The van der Waals surface area contributed by atoms with Crippen molar-refractivity contribution in [2.45, 2.75) is 31.1 Å². The Hall–Kier alpha value is -3.16. The molecule has 0 aliphatic carbocycles. The summed E-state index contributed by atoms with van der Waals surface area (Å²) in [6, 6.07) is 13.7. The number of rotatable bonds is 4. The Kier molecular flexibility index (Phi) is 5.35. The SMILES string of the molecule is C=c1c2c(Cl)ccc(NS(=O)(=O)c3ccc(C(C)(C)C)cc3)c2c(=C)n1-c1cccnn1. The average molecular weight is 467 g/mol. The topological polar surface area (TPSA) is 76.9 Å². The molecule has 164 valence electrons. The highest BCUT2D eigenvalue weighted by Crippen LogP contribution is 2.29. The van der Waals surface area contributed by atoms with E-state index in [9.17, 15) is 8.42 Å². The van der Waals surface area contributed by atoms with E-state index in [1.54, 1.807) is 47.2 Å². The molecule has 4 aromatic rings. The minimum atomic E-state index is -3.84. The molecule has 32 heavy (non-hydrogen) atoms. The second kappa shape index (κ2) is 7.76. The molecule has 2 heterocycles. The van der Waals surface area contributed by atoms with Crippen molar-refractivity contribution in [1.82, 2.24) is 14.8 Å². The van der Waals surface area contributed by atoms with E-state index in [1.165, 1.54) is 0 Å². The third-order valence-corrected chi connectivity index (χ3v) is 7.03. The Morgan fingerprint density at radius 3 is 2.22 bits per heavy atom. The Bertz CT molecular complexity index is 1520. The highest BCUT2D eigenvalue weighted by Gasteiger charge is 2.21. The number of hydrogen-bond acceptors (Lipinski definition) is 4. The van der Waals surface area contributed by atoms with Gasteiger partial charge in [0.15, 0.2) is 5.82 Å². The fraction of sp³-hybridized carbons (Fsp3) is 0.167. The van der Waals surface area contributed by atoms with Gasteiger partial charge >= 0.3 is 0 Å². The lowest BCUT2D eigenvalue weighted by Crippen LogP contribution is -2.24. The van der Waals surface area contributed by atoms with Gasteiger partial charge in [0.1, 0.15) is 0 Å². The first-order valence-electron chi connectivity index (χ1n) is 9.93. The van der Waals surface area contributed by atoms with Gasteiger partial charge in [-0.05, 0) is 47.4 Å². The summed E-state index contributed by atoms with van der Waals surface area (Å²) in [4.78, 5) is 0.169. The summed E-state index contributed by atoms with van der Waals surface area (Å²) in [7, 11) is -3.84. The second-order valence-electron chi connectivity index (χ2n) is 8.54. The minimum Gasteiger partial charge on any atom is -0.293 e. The van der Waals surface area contributed by atoms with Crippen LogP contribution in [-0.2, 0) is 15.4 Å². The second-order valence-corrected chi connectivity index (χ2v) is 10.6. The summed E-state index contributed by atoms with van der Waals surface area (Å²) in [6.45, 7) is 14.5. The van der Waals surface area contributed by atoms with Gasteiger partial charge in [0.2, 0.25) is 0 Å². The molecule has 0 radical (unpaired) electrons. The van der Waals surface area contributed by atoms with E-state index >= 15 is 0 Å². The van der Waals surface area contributed by atoms with Crippen LogP contribution in [0.25, 0.3) is 29.7 Å². The molecule has 1 N–H and O–H groups in total. The van der Waals surface area contributed by atoms with Crippen molar-refractivity contribution in [3.05, 3.63) is 76.0 Å². The molecule has 0 atom stereocenters. The molecule has 0 aliphatic heterocycles. The van der Waals surface area contributed by atoms with Gasteiger partial charge in [0, 0.05) is 22.3 Å². The van der Waals surface area contributed by atoms with Crippen LogP contribution in [0.1, 0.15) is 26.3 Å². The van der Waals surface area contributed by atoms with Crippen LogP contribution >= 0.6 is 11.6 Å². The molecular weight excluding hydrogens is 444 g/mol. The number of halogens is 1. The van der Waals surface area contributed by atoms with Gasteiger partial charge in [0.05, 0.1) is 21.0 Å². The number of aromatic nitrogens is 3. The Labute approximate surface area is 191 Å². The van der Waals surface area contributed by atoms with Crippen LogP contribution < -0.4 is 15.4 Å². The van der Waals surface area contributed by atoms with E-state index in [4.69, 9.17) is 11.6 Å². The van der Waals surface area contributed by atoms with Crippen molar-refractivity contribution >= 4 is 51.2 Å². The van der Waals surface area contributed by atoms with E-state index in [2.05, 4.69) is 48.8 Å². The smallest absolute Gasteiger partial charge is 0.261 e. The van der Waals surface area contributed by atoms with Gasteiger partial charge in [-0.1, -0.05) is 57.7 Å². The molecule has 0 spiro atoms. The molecule has 0 aliphatic rings. The molecule has 0 fully saturated rings. The van der Waals surface area contributed by atoms with Crippen LogP contribution in [0.4, 0.5) is 5.69 Å². The lowest BCUT2D eigenvalue weighted by atomic mass is 9.87. The van der Waals surface area contributed by atoms with Gasteiger partial charge < -0.3 is 0 Å². The lowest BCUT2D eigenvalue weighted by Gasteiger charge is -2.19. The van der Waals surface area contributed by atoms with Crippen LogP contribution in [0, 0.1) is 0 Å². The molecule has 0 unspecified atom stereocenters. The molecule has 4 rings (SSSR count). The number of sulfonamides is 1. The monoisotopic (exact) mass is 466 g/mol. The first-order valence-corrected chi connectivity index (χ1v) is 11.8. The van der Waals surface area contributed by atoms with E-state index < -0.39 is 10.0 Å². The van der Waals surface area contributed by atoms with Gasteiger partial charge in [-0.25, -0.2) is 8.42 Å². The van der Waals surface area contributed by atoms with Crippen molar-refractivity contribution in [2.24, 2.45) is 0 Å². The zero-order chi connectivity index (χ0) is 23.3. The van der Waals surface area contributed by atoms with Crippen molar-refractivity contribution in [3.8, 4) is 5.82 Å². The van der Waals surface area contributed by atoms with Crippen LogP contribution in [0.15, 0.2) is 59.6 Å². The highest BCUT2D eigenvalue weighted by molar-refractivity contribution is 7.92. The normalized spacial score (nSPS) is 12.2. The molecular formula is C24H23ClN4O2S. The minimum absolute atomic E-state index is 0.0748. The number of nitrogens with one attached hydrogen (secondary N) is 1. The van der Waals surface area contributed by atoms with Crippen molar-refractivity contribution in [2.75, 3.05) is 4.72 Å². The fourth-order valence-corrected chi connectivity index (χ4v) is 5.00. The standard InChI is InChI=1S/C24H23ClN4O2S/c1-15-22-19(25)12-13-20(23(22)16(2)29(15)21-7-6-14-26-27-21)28-32(30,31)18-10-8-17(9-11-18)24(3,4)5/h6-14,28H,1-2H2,3-5H3. The van der Waals surface area contributed by atoms with E-state index in [0.29, 0.717) is 38.0 Å². The van der Waals surface area contributed by atoms with E-state index in [0.717, 1.165) is 5.56 Å². The quantitative estimate of drug-likeness (QED) is 0.493. The van der Waals surface area contributed by atoms with Crippen LogP contribution in [0.2, 0.25) is 5.02 Å². The van der Waals surface area contributed by atoms with E-state index in [1.807, 2.05) is 12.1 Å². The van der Waals surface area contributed by atoms with Gasteiger partial charge in [-0.3, -0.25) is 9.29 Å².